The van der Waals surface area contributed by atoms with E-state index in [0.717, 1.165) is 22.4 Å². The van der Waals surface area contributed by atoms with Gasteiger partial charge in [-0.2, -0.15) is 0 Å². The Morgan fingerprint density at radius 2 is 2.20 bits per heavy atom. The van der Waals surface area contributed by atoms with Crippen molar-refractivity contribution < 1.29 is 14.0 Å². The summed E-state index contributed by atoms with van der Waals surface area (Å²) >= 11 is 3.52. The van der Waals surface area contributed by atoms with Crippen LogP contribution in [0.5, 0.6) is 11.5 Å². The van der Waals surface area contributed by atoms with Crippen molar-refractivity contribution in [3.8, 4) is 22.8 Å². The highest BCUT2D eigenvalue weighted by Crippen LogP contribution is 2.41. The van der Waals surface area contributed by atoms with Crippen LogP contribution in [0.2, 0.25) is 0 Å². The molecule has 6 heteroatoms. The molecule has 0 amide bonds. The van der Waals surface area contributed by atoms with Crippen LogP contribution in [0.15, 0.2) is 27.2 Å². The van der Waals surface area contributed by atoms with Crippen molar-refractivity contribution in [3.63, 3.8) is 0 Å². The molecule has 106 valence electrons. The molecule has 0 spiro atoms. The fourth-order valence-corrected chi connectivity index (χ4v) is 2.48. The molecule has 5 nitrogen and oxygen atoms in total. The number of benzene rings is 1. The molecular formula is C14H15BrN2O3. The van der Waals surface area contributed by atoms with Gasteiger partial charge >= 0.3 is 0 Å². The minimum Gasteiger partial charge on any atom is -0.493 e. The van der Waals surface area contributed by atoms with Gasteiger partial charge in [0.15, 0.2) is 11.5 Å². The van der Waals surface area contributed by atoms with Crippen molar-refractivity contribution in [1.82, 2.24) is 5.16 Å². The van der Waals surface area contributed by atoms with Crippen LogP contribution >= 0.6 is 15.9 Å². The van der Waals surface area contributed by atoms with E-state index in [-0.39, 0.29) is 5.88 Å². The van der Waals surface area contributed by atoms with Gasteiger partial charge in [0, 0.05) is 11.6 Å². The van der Waals surface area contributed by atoms with Gasteiger partial charge in [-0.05, 0) is 46.8 Å². The van der Waals surface area contributed by atoms with Gasteiger partial charge in [0.2, 0.25) is 5.88 Å². The first-order valence-corrected chi connectivity index (χ1v) is 7.19. The smallest absolute Gasteiger partial charge is 0.222 e. The molecule has 1 fully saturated rings. The molecule has 1 saturated carbocycles. The SMILES string of the molecule is COc1cc(-c2cc(N)on2)cc(Br)c1OCC1CC1. The van der Waals surface area contributed by atoms with Gasteiger partial charge in [0.1, 0.15) is 5.69 Å². The maximum Gasteiger partial charge on any atom is 0.222 e. The van der Waals surface area contributed by atoms with E-state index < -0.39 is 0 Å². The molecule has 1 aromatic carbocycles. The lowest BCUT2D eigenvalue weighted by atomic mass is 10.1. The van der Waals surface area contributed by atoms with E-state index in [0.29, 0.717) is 17.4 Å². The molecule has 1 heterocycles. The predicted molar refractivity (Wildman–Crippen MR) is 78.8 cm³/mol. The summed E-state index contributed by atoms with van der Waals surface area (Å²) in [6.45, 7) is 0.727. The molecule has 0 unspecified atom stereocenters. The first-order chi connectivity index (χ1) is 9.67. The van der Waals surface area contributed by atoms with Gasteiger partial charge in [-0.25, -0.2) is 0 Å². The van der Waals surface area contributed by atoms with E-state index in [9.17, 15) is 0 Å². The minimum atomic E-state index is 0.282. The molecule has 1 aromatic heterocycles. The summed E-state index contributed by atoms with van der Waals surface area (Å²) in [7, 11) is 1.62. The molecule has 0 radical (unpaired) electrons. The van der Waals surface area contributed by atoms with Gasteiger partial charge < -0.3 is 19.7 Å². The van der Waals surface area contributed by atoms with Crippen LogP contribution in [0.4, 0.5) is 5.88 Å². The number of hydrogen-bond acceptors (Lipinski definition) is 5. The maximum atomic E-state index is 5.84. The Balaban J connectivity index is 1.91. The summed E-state index contributed by atoms with van der Waals surface area (Å²) in [5, 5.41) is 3.90. The third kappa shape index (κ3) is 2.75. The predicted octanol–water partition coefficient (Wildman–Crippen LogP) is 3.48. The Bertz CT molecular complexity index is 623. The number of ether oxygens (including phenoxy) is 2. The normalized spacial score (nSPS) is 14.3. The average molecular weight is 339 g/mol. The van der Waals surface area contributed by atoms with E-state index in [4.69, 9.17) is 19.7 Å². The van der Waals surface area contributed by atoms with E-state index >= 15 is 0 Å². The van der Waals surface area contributed by atoms with Gasteiger partial charge in [-0.15, -0.1) is 0 Å². The lowest BCUT2D eigenvalue weighted by molar-refractivity contribution is 0.278. The average Bonchev–Trinajstić information content (AvgIpc) is 3.16. The standard InChI is InChI=1S/C14H15BrN2O3/c1-18-12-5-9(11-6-13(16)20-17-11)4-10(15)14(12)19-7-8-2-3-8/h4-6,8H,2-3,7,16H2,1H3. The molecule has 2 N–H and O–H groups in total. The van der Waals surface area contributed by atoms with Crippen LogP contribution in [0.25, 0.3) is 11.3 Å². The number of nitrogens with zero attached hydrogens (tertiary/aromatic N) is 1. The zero-order chi connectivity index (χ0) is 14.1. The zero-order valence-electron chi connectivity index (χ0n) is 11.1. The highest BCUT2D eigenvalue weighted by molar-refractivity contribution is 9.10. The van der Waals surface area contributed by atoms with Gasteiger partial charge in [0.25, 0.3) is 0 Å². The van der Waals surface area contributed by atoms with Crippen molar-refractivity contribution in [2.24, 2.45) is 5.92 Å². The molecule has 0 bridgehead atoms. The van der Waals surface area contributed by atoms with Crippen molar-refractivity contribution in [1.29, 1.82) is 0 Å². The number of aromatic nitrogens is 1. The fraction of sp³-hybridized carbons (Fsp3) is 0.357. The summed E-state index contributed by atoms with van der Waals surface area (Å²) < 4.78 is 17.0. The van der Waals surface area contributed by atoms with Gasteiger partial charge in [-0.3, -0.25) is 0 Å². The summed E-state index contributed by atoms with van der Waals surface area (Å²) in [6, 6.07) is 5.46. The lowest BCUT2D eigenvalue weighted by Gasteiger charge is -2.13. The second-order valence-electron chi connectivity index (χ2n) is 4.86. The third-order valence-corrected chi connectivity index (χ3v) is 3.80. The van der Waals surface area contributed by atoms with Crippen LogP contribution < -0.4 is 15.2 Å². The Hall–Kier alpha value is -1.69. The summed E-state index contributed by atoms with van der Waals surface area (Å²) in [4.78, 5) is 0. The first-order valence-electron chi connectivity index (χ1n) is 6.40. The largest absolute Gasteiger partial charge is 0.493 e. The van der Waals surface area contributed by atoms with Crippen molar-refractivity contribution in [2.75, 3.05) is 19.5 Å². The minimum absolute atomic E-state index is 0.282. The Morgan fingerprint density at radius 3 is 2.80 bits per heavy atom. The van der Waals surface area contributed by atoms with E-state index in [1.54, 1.807) is 13.2 Å². The highest BCUT2D eigenvalue weighted by atomic mass is 79.9. The zero-order valence-corrected chi connectivity index (χ0v) is 12.6. The maximum absolute atomic E-state index is 5.84. The molecule has 20 heavy (non-hydrogen) atoms. The second-order valence-corrected chi connectivity index (χ2v) is 5.71. The number of halogens is 1. The van der Waals surface area contributed by atoms with Crippen LogP contribution in [-0.4, -0.2) is 18.9 Å². The molecule has 3 rings (SSSR count). The van der Waals surface area contributed by atoms with E-state index in [2.05, 4.69) is 21.1 Å². The number of hydrogen-bond donors (Lipinski definition) is 1. The number of rotatable bonds is 5. The van der Waals surface area contributed by atoms with Crippen molar-refractivity contribution in [2.45, 2.75) is 12.8 Å². The molecule has 0 aliphatic heterocycles. The Morgan fingerprint density at radius 1 is 1.40 bits per heavy atom. The highest BCUT2D eigenvalue weighted by Gasteiger charge is 2.23. The molecule has 0 atom stereocenters. The van der Waals surface area contributed by atoms with Crippen molar-refractivity contribution in [3.05, 3.63) is 22.7 Å². The number of methoxy groups -OCH3 is 1. The van der Waals surface area contributed by atoms with Crippen LogP contribution in [0, 0.1) is 5.92 Å². The van der Waals surface area contributed by atoms with Crippen LogP contribution in [-0.2, 0) is 0 Å². The van der Waals surface area contributed by atoms with Crippen LogP contribution in [0.3, 0.4) is 0 Å². The van der Waals surface area contributed by atoms with E-state index in [1.807, 2.05) is 12.1 Å². The lowest BCUT2D eigenvalue weighted by Crippen LogP contribution is -2.02. The Kier molecular flexibility index (Phi) is 3.56. The number of nitrogen functional groups attached to an aromatic ring is 1. The molecule has 2 aromatic rings. The summed E-state index contributed by atoms with van der Waals surface area (Å²) in [6.07, 6.45) is 2.49. The number of nitrogens with two attached hydrogens (primary N) is 1. The number of anilines is 1. The quantitative estimate of drug-likeness (QED) is 0.903. The molecular weight excluding hydrogens is 324 g/mol. The van der Waals surface area contributed by atoms with E-state index in [1.165, 1.54) is 12.8 Å². The Labute approximate surface area is 125 Å². The first kappa shape index (κ1) is 13.3. The third-order valence-electron chi connectivity index (χ3n) is 3.21. The molecule has 1 aliphatic carbocycles. The van der Waals surface area contributed by atoms with Crippen molar-refractivity contribution >= 4 is 21.8 Å². The second kappa shape index (κ2) is 5.36. The fourth-order valence-electron chi connectivity index (χ4n) is 1.92. The monoisotopic (exact) mass is 338 g/mol. The summed E-state index contributed by atoms with van der Waals surface area (Å²) in [5.74, 6) is 2.35. The summed E-state index contributed by atoms with van der Waals surface area (Å²) in [5.41, 5.74) is 7.06. The molecule has 1 aliphatic rings. The topological polar surface area (TPSA) is 70.5 Å². The van der Waals surface area contributed by atoms with Crippen LogP contribution in [0.1, 0.15) is 12.8 Å². The van der Waals surface area contributed by atoms with Gasteiger partial charge in [-0.1, -0.05) is 5.16 Å². The van der Waals surface area contributed by atoms with Gasteiger partial charge in [0.05, 0.1) is 18.2 Å². The molecule has 0 saturated heterocycles.